The van der Waals surface area contributed by atoms with Crippen LogP contribution in [0.1, 0.15) is 48.7 Å². The molecule has 1 N–H and O–H groups in total. The number of fused-ring (bicyclic) bond motifs is 1. The molecule has 1 unspecified atom stereocenters. The lowest BCUT2D eigenvalue weighted by molar-refractivity contribution is -0.118. The van der Waals surface area contributed by atoms with Gasteiger partial charge in [0.05, 0.1) is 17.4 Å². The third kappa shape index (κ3) is 4.28. The summed E-state index contributed by atoms with van der Waals surface area (Å²) < 4.78 is 13.7. The highest BCUT2D eigenvalue weighted by Crippen LogP contribution is 2.48. The zero-order chi connectivity index (χ0) is 25.6. The molecule has 184 valence electrons. The van der Waals surface area contributed by atoms with Crippen molar-refractivity contribution in [1.82, 2.24) is 0 Å². The molecular formula is C30H30FN3O2. The molecule has 2 aliphatic rings. The summed E-state index contributed by atoms with van der Waals surface area (Å²) in [4.78, 5) is 31.6. The third-order valence-corrected chi connectivity index (χ3v) is 6.94. The molecule has 1 aliphatic carbocycles. The quantitative estimate of drug-likeness (QED) is 0.472. The van der Waals surface area contributed by atoms with Crippen molar-refractivity contribution < 1.29 is 14.0 Å². The molecule has 3 aromatic rings. The van der Waals surface area contributed by atoms with Crippen LogP contribution in [0.3, 0.4) is 0 Å². The summed E-state index contributed by atoms with van der Waals surface area (Å²) in [5.74, 6) is -0.674. The Bertz CT molecular complexity index is 1360. The molecule has 0 spiro atoms. The number of anilines is 3. The number of allylic oxidation sites excluding steroid dienone is 1. The predicted molar refractivity (Wildman–Crippen MR) is 142 cm³/mol. The Balaban J connectivity index is 1.76. The number of carbonyl (C=O) groups is 2. The van der Waals surface area contributed by atoms with Gasteiger partial charge in [-0.25, -0.2) is 4.39 Å². The highest BCUT2D eigenvalue weighted by molar-refractivity contribution is 6.12. The van der Waals surface area contributed by atoms with Crippen molar-refractivity contribution in [2.24, 2.45) is 5.41 Å². The van der Waals surface area contributed by atoms with Gasteiger partial charge >= 0.3 is 0 Å². The van der Waals surface area contributed by atoms with Crippen LogP contribution in [0.15, 0.2) is 84.1 Å². The van der Waals surface area contributed by atoms with E-state index < -0.39 is 11.9 Å². The second-order valence-electron chi connectivity index (χ2n) is 10.5. The van der Waals surface area contributed by atoms with E-state index in [0.29, 0.717) is 29.7 Å². The van der Waals surface area contributed by atoms with Crippen molar-refractivity contribution in [2.45, 2.75) is 32.7 Å². The smallest absolute Gasteiger partial charge is 0.259 e. The molecule has 6 heteroatoms. The van der Waals surface area contributed by atoms with Crippen molar-refractivity contribution in [1.29, 1.82) is 0 Å². The van der Waals surface area contributed by atoms with Crippen LogP contribution in [0.5, 0.6) is 0 Å². The molecule has 0 fully saturated rings. The van der Waals surface area contributed by atoms with E-state index in [1.807, 2.05) is 67.5 Å². The Morgan fingerprint density at radius 1 is 0.972 bits per heavy atom. The maximum absolute atomic E-state index is 14.1. The molecule has 1 heterocycles. The van der Waals surface area contributed by atoms with Crippen LogP contribution in [0.4, 0.5) is 21.5 Å². The van der Waals surface area contributed by atoms with E-state index >= 15 is 0 Å². The lowest BCUT2D eigenvalue weighted by atomic mass is 9.73. The molecule has 0 radical (unpaired) electrons. The molecular weight excluding hydrogens is 453 g/mol. The third-order valence-electron chi connectivity index (χ3n) is 6.94. The molecule has 3 aromatic carbocycles. The lowest BCUT2D eigenvalue weighted by Crippen LogP contribution is -2.39. The Morgan fingerprint density at radius 3 is 2.31 bits per heavy atom. The summed E-state index contributed by atoms with van der Waals surface area (Å²) in [7, 11) is 3.94. The Hall–Kier alpha value is -3.93. The van der Waals surface area contributed by atoms with Crippen LogP contribution in [0.25, 0.3) is 0 Å². The number of nitrogens with zero attached hydrogens (tertiary/aromatic N) is 2. The van der Waals surface area contributed by atoms with E-state index in [9.17, 15) is 14.0 Å². The largest absolute Gasteiger partial charge is 0.378 e. The number of carbonyl (C=O) groups excluding carboxylic acids is 2. The van der Waals surface area contributed by atoms with E-state index in [0.717, 1.165) is 22.6 Å². The standard InChI is InChI=1S/C30H30FN3O2/c1-30(2)17-24-27(26(35)18-30)28(19-11-15-22(16-12-19)33(3)4)34(25-8-6-5-7-23(25)32-24)29(36)20-9-13-21(31)14-10-20/h5-16,28,32H,17-18H2,1-4H3. The maximum atomic E-state index is 14.1. The van der Waals surface area contributed by atoms with Gasteiger partial charge in [0.2, 0.25) is 0 Å². The molecule has 5 rings (SSSR count). The summed E-state index contributed by atoms with van der Waals surface area (Å²) in [6, 6.07) is 20.5. The number of benzene rings is 3. The highest BCUT2D eigenvalue weighted by Gasteiger charge is 2.43. The summed E-state index contributed by atoms with van der Waals surface area (Å²) >= 11 is 0. The fourth-order valence-corrected chi connectivity index (χ4v) is 5.21. The topological polar surface area (TPSA) is 52.7 Å². The van der Waals surface area contributed by atoms with Crippen molar-refractivity contribution in [3.8, 4) is 0 Å². The number of rotatable bonds is 3. The molecule has 1 aliphatic heterocycles. The SMILES string of the molecule is CN(C)c1ccc(C2C3=C(CC(C)(C)CC3=O)Nc3ccccc3N2C(=O)c2ccc(F)cc2)cc1. The van der Waals surface area contributed by atoms with Gasteiger partial charge in [-0.15, -0.1) is 0 Å². The monoisotopic (exact) mass is 483 g/mol. The summed E-state index contributed by atoms with van der Waals surface area (Å²) in [6.07, 6.45) is 1.09. The molecule has 1 amide bonds. The molecule has 0 saturated heterocycles. The minimum absolute atomic E-state index is 0.0279. The van der Waals surface area contributed by atoms with Gasteiger partial charge in [0, 0.05) is 43.0 Å². The molecule has 0 bridgehead atoms. The minimum Gasteiger partial charge on any atom is -0.378 e. The summed E-state index contributed by atoms with van der Waals surface area (Å²) in [5.41, 5.74) is 4.91. The zero-order valence-electron chi connectivity index (χ0n) is 21.0. The number of amides is 1. The van der Waals surface area contributed by atoms with Crippen LogP contribution in [0, 0.1) is 11.2 Å². The van der Waals surface area contributed by atoms with Crippen LogP contribution in [0.2, 0.25) is 0 Å². The number of halogens is 1. The van der Waals surface area contributed by atoms with Gasteiger partial charge in [0.15, 0.2) is 5.78 Å². The number of hydrogen-bond donors (Lipinski definition) is 1. The van der Waals surface area contributed by atoms with Gasteiger partial charge in [-0.1, -0.05) is 38.1 Å². The Kier molecular flexibility index (Phi) is 5.91. The highest BCUT2D eigenvalue weighted by atomic mass is 19.1. The number of hydrogen-bond acceptors (Lipinski definition) is 4. The van der Waals surface area contributed by atoms with Crippen molar-refractivity contribution in [3.05, 3.63) is 101 Å². The number of ketones is 1. The summed E-state index contributed by atoms with van der Waals surface area (Å²) in [6.45, 7) is 4.19. The van der Waals surface area contributed by atoms with Crippen molar-refractivity contribution in [3.63, 3.8) is 0 Å². The van der Waals surface area contributed by atoms with E-state index in [-0.39, 0.29) is 17.1 Å². The zero-order valence-corrected chi connectivity index (χ0v) is 21.0. The molecule has 5 nitrogen and oxygen atoms in total. The van der Waals surface area contributed by atoms with Gasteiger partial charge in [0.25, 0.3) is 5.91 Å². The van der Waals surface area contributed by atoms with Crippen LogP contribution >= 0.6 is 0 Å². The first-order valence-electron chi connectivity index (χ1n) is 12.1. The van der Waals surface area contributed by atoms with Gasteiger partial charge in [0.1, 0.15) is 5.82 Å². The number of Topliss-reactive ketones (excluding diaryl/α,β-unsaturated/α-hetero) is 1. The fourth-order valence-electron chi connectivity index (χ4n) is 5.21. The molecule has 1 atom stereocenters. The van der Waals surface area contributed by atoms with Gasteiger partial charge in [-0.2, -0.15) is 0 Å². The first-order chi connectivity index (χ1) is 17.1. The Morgan fingerprint density at radius 2 is 1.64 bits per heavy atom. The molecule has 36 heavy (non-hydrogen) atoms. The lowest BCUT2D eigenvalue weighted by Gasteiger charge is -2.37. The van der Waals surface area contributed by atoms with Gasteiger partial charge in [-0.05, 0) is 65.9 Å². The van der Waals surface area contributed by atoms with Crippen LogP contribution < -0.4 is 15.1 Å². The second-order valence-corrected chi connectivity index (χ2v) is 10.5. The van der Waals surface area contributed by atoms with E-state index in [1.165, 1.54) is 24.3 Å². The predicted octanol–water partition coefficient (Wildman–Crippen LogP) is 6.35. The first kappa shape index (κ1) is 23.8. The second kappa shape index (κ2) is 8.94. The Labute approximate surface area is 211 Å². The maximum Gasteiger partial charge on any atom is 0.259 e. The average Bonchev–Trinajstić information content (AvgIpc) is 2.97. The van der Waals surface area contributed by atoms with Crippen LogP contribution in [-0.4, -0.2) is 25.8 Å². The molecule has 0 aromatic heterocycles. The average molecular weight is 484 g/mol. The van der Waals surface area contributed by atoms with E-state index in [4.69, 9.17) is 0 Å². The van der Waals surface area contributed by atoms with Crippen molar-refractivity contribution >= 4 is 28.8 Å². The van der Waals surface area contributed by atoms with E-state index in [2.05, 4.69) is 19.2 Å². The van der Waals surface area contributed by atoms with E-state index in [1.54, 1.807) is 4.90 Å². The number of para-hydroxylation sites is 2. The van der Waals surface area contributed by atoms with Crippen LogP contribution in [-0.2, 0) is 4.79 Å². The molecule has 0 saturated carbocycles. The minimum atomic E-state index is -0.631. The summed E-state index contributed by atoms with van der Waals surface area (Å²) in [5, 5.41) is 3.52. The van der Waals surface area contributed by atoms with Gasteiger partial charge in [-0.3, -0.25) is 14.5 Å². The number of nitrogens with one attached hydrogen (secondary N) is 1. The fraction of sp³-hybridized carbons (Fsp3) is 0.267. The normalized spacial score (nSPS) is 18.6. The van der Waals surface area contributed by atoms with Crippen molar-refractivity contribution in [2.75, 3.05) is 29.2 Å². The van der Waals surface area contributed by atoms with Gasteiger partial charge < -0.3 is 10.2 Å². The first-order valence-corrected chi connectivity index (χ1v) is 12.1.